The van der Waals surface area contributed by atoms with Crippen LogP contribution < -0.4 is 10.6 Å². The number of carbonyl (C=O) groups excluding carboxylic acids is 1. The first kappa shape index (κ1) is 16.2. The predicted molar refractivity (Wildman–Crippen MR) is 86.4 cm³/mol. The van der Waals surface area contributed by atoms with Gasteiger partial charge in [-0.3, -0.25) is 9.00 Å². The van der Waals surface area contributed by atoms with E-state index >= 15 is 0 Å². The Balaban J connectivity index is 1.55. The lowest BCUT2D eigenvalue weighted by Crippen LogP contribution is -2.28. The molecule has 0 saturated carbocycles. The molecule has 116 valence electrons. The Morgan fingerprint density at radius 3 is 2.86 bits per heavy atom. The Morgan fingerprint density at radius 1 is 1.33 bits per heavy atom. The highest BCUT2D eigenvalue weighted by Crippen LogP contribution is 2.13. The summed E-state index contributed by atoms with van der Waals surface area (Å²) in [5.74, 6) is 1.80. The van der Waals surface area contributed by atoms with Crippen LogP contribution in [0.2, 0.25) is 0 Å². The van der Waals surface area contributed by atoms with Gasteiger partial charge in [-0.25, -0.2) is 0 Å². The third-order valence-electron chi connectivity index (χ3n) is 3.76. The van der Waals surface area contributed by atoms with Crippen molar-refractivity contribution in [2.75, 3.05) is 25.4 Å². The van der Waals surface area contributed by atoms with Crippen LogP contribution in [0.4, 0.5) is 0 Å². The van der Waals surface area contributed by atoms with Crippen molar-refractivity contribution in [3.05, 3.63) is 35.9 Å². The minimum atomic E-state index is -0.918. The molecule has 21 heavy (non-hydrogen) atoms. The molecule has 1 aliphatic rings. The van der Waals surface area contributed by atoms with Gasteiger partial charge in [0, 0.05) is 35.3 Å². The van der Waals surface area contributed by atoms with Crippen molar-refractivity contribution in [2.45, 2.75) is 25.0 Å². The van der Waals surface area contributed by atoms with Crippen molar-refractivity contribution in [3.63, 3.8) is 0 Å². The van der Waals surface area contributed by atoms with Gasteiger partial charge in [-0.1, -0.05) is 30.3 Å². The van der Waals surface area contributed by atoms with Crippen LogP contribution in [0.3, 0.4) is 0 Å². The lowest BCUT2D eigenvalue weighted by Gasteiger charge is -2.08. The van der Waals surface area contributed by atoms with E-state index in [0.717, 1.165) is 25.1 Å². The van der Waals surface area contributed by atoms with Crippen LogP contribution in [-0.4, -0.2) is 35.5 Å². The molecule has 0 aromatic heterocycles. The summed E-state index contributed by atoms with van der Waals surface area (Å²) in [6.07, 6.45) is 2.71. The number of hydrogen-bond acceptors (Lipinski definition) is 3. The fourth-order valence-electron chi connectivity index (χ4n) is 2.52. The molecule has 2 atom stereocenters. The van der Waals surface area contributed by atoms with Crippen LogP contribution in [0.1, 0.15) is 24.8 Å². The van der Waals surface area contributed by atoms with E-state index in [9.17, 15) is 9.00 Å². The molecule has 5 heteroatoms. The largest absolute Gasteiger partial charge is 0.355 e. The number of hydrogen-bond donors (Lipinski definition) is 2. The molecule has 0 aliphatic carbocycles. The minimum absolute atomic E-state index is 0.0820. The zero-order valence-corrected chi connectivity index (χ0v) is 13.2. The summed E-state index contributed by atoms with van der Waals surface area (Å²) >= 11 is 0. The molecule has 1 aromatic rings. The highest BCUT2D eigenvalue weighted by molar-refractivity contribution is 7.84. The lowest BCUT2D eigenvalue weighted by atomic mass is 10.0. The average Bonchev–Trinajstić information content (AvgIpc) is 2.99. The second-order valence-corrected chi connectivity index (χ2v) is 7.10. The van der Waals surface area contributed by atoms with Gasteiger partial charge in [0.15, 0.2) is 0 Å². The van der Waals surface area contributed by atoms with Crippen molar-refractivity contribution >= 4 is 16.7 Å². The van der Waals surface area contributed by atoms with Gasteiger partial charge >= 0.3 is 0 Å². The highest BCUT2D eigenvalue weighted by atomic mass is 32.2. The van der Waals surface area contributed by atoms with Gasteiger partial charge < -0.3 is 10.6 Å². The number of nitrogens with one attached hydrogen (secondary N) is 2. The second kappa shape index (κ2) is 8.95. The summed E-state index contributed by atoms with van der Waals surface area (Å²) in [5, 5.41) is 6.18. The maximum Gasteiger partial charge on any atom is 0.220 e. The molecule has 1 amide bonds. The SMILES string of the molecule is O=C(CCC1CCNC1)NCCS(=O)Cc1ccccc1. The molecule has 1 aromatic carbocycles. The molecule has 1 heterocycles. The minimum Gasteiger partial charge on any atom is -0.355 e. The van der Waals surface area contributed by atoms with Gasteiger partial charge in [-0.05, 0) is 37.4 Å². The van der Waals surface area contributed by atoms with Crippen LogP contribution in [0, 0.1) is 5.92 Å². The molecule has 0 radical (unpaired) electrons. The van der Waals surface area contributed by atoms with E-state index in [1.54, 1.807) is 0 Å². The van der Waals surface area contributed by atoms with Crippen molar-refractivity contribution in [3.8, 4) is 0 Å². The van der Waals surface area contributed by atoms with Crippen molar-refractivity contribution < 1.29 is 9.00 Å². The van der Waals surface area contributed by atoms with Gasteiger partial charge in [0.05, 0.1) is 0 Å². The monoisotopic (exact) mass is 308 g/mol. The molecular formula is C16H24N2O2S. The summed E-state index contributed by atoms with van der Waals surface area (Å²) in [7, 11) is -0.918. The van der Waals surface area contributed by atoms with Crippen molar-refractivity contribution in [2.24, 2.45) is 5.92 Å². The number of benzene rings is 1. The average molecular weight is 308 g/mol. The fourth-order valence-corrected chi connectivity index (χ4v) is 3.56. The van der Waals surface area contributed by atoms with E-state index in [0.29, 0.717) is 30.4 Å². The summed E-state index contributed by atoms with van der Waals surface area (Å²) in [6.45, 7) is 2.61. The van der Waals surface area contributed by atoms with E-state index in [-0.39, 0.29) is 5.91 Å². The first-order valence-corrected chi connectivity index (χ1v) is 9.09. The Hall–Kier alpha value is -1.20. The topological polar surface area (TPSA) is 58.2 Å². The standard InChI is InChI=1S/C16H24N2O2S/c19-16(7-6-14-8-9-17-12-14)18-10-11-21(20)13-15-4-2-1-3-5-15/h1-5,14,17H,6-13H2,(H,18,19). The molecule has 0 bridgehead atoms. The van der Waals surface area contributed by atoms with Gasteiger partial charge in [0.2, 0.25) is 5.91 Å². The summed E-state index contributed by atoms with van der Waals surface area (Å²) in [5.41, 5.74) is 1.08. The summed E-state index contributed by atoms with van der Waals surface area (Å²) in [6, 6.07) is 9.81. The van der Waals surface area contributed by atoms with Gasteiger partial charge in [0.1, 0.15) is 0 Å². The summed E-state index contributed by atoms with van der Waals surface area (Å²) in [4.78, 5) is 11.7. The molecule has 1 fully saturated rings. The Kier molecular flexibility index (Phi) is 6.89. The molecule has 4 nitrogen and oxygen atoms in total. The molecule has 2 unspecified atom stereocenters. The number of amides is 1. The number of rotatable bonds is 8. The van der Waals surface area contributed by atoms with Gasteiger partial charge in [0.25, 0.3) is 0 Å². The van der Waals surface area contributed by atoms with Crippen LogP contribution in [-0.2, 0) is 21.3 Å². The van der Waals surface area contributed by atoms with Crippen LogP contribution in [0.5, 0.6) is 0 Å². The van der Waals surface area contributed by atoms with E-state index in [2.05, 4.69) is 10.6 Å². The molecule has 1 aliphatic heterocycles. The van der Waals surface area contributed by atoms with Crippen LogP contribution >= 0.6 is 0 Å². The van der Waals surface area contributed by atoms with Gasteiger partial charge in [-0.2, -0.15) is 0 Å². The smallest absolute Gasteiger partial charge is 0.220 e. The first-order chi connectivity index (χ1) is 10.2. The molecule has 2 N–H and O–H groups in total. The Bertz CT molecular complexity index is 459. The quantitative estimate of drug-likeness (QED) is 0.764. The molecule has 1 saturated heterocycles. The van der Waals surface area contributed by atoms with Crippen LogP contribution in [0.25, 0.3) is 0 Å². The maximum absolute atomic E-state index is 11.9. The van der Waals surface area contributed by atoms with E-state index in [4.69, 9.17) is 0 Å². The molecule has 2 rings (SSSR count). The first-order valence-electron chi connectivity index (χ1n) is 7.60. The Labute approximate surface area is 129 Å². The highest BCUT2D eigenvalue weighted by Gasteiger charge is 2.15. The zero-order chi connectivity index (χ0) is 14.9. The Morgan fingerprint density at radius 2 is 2.14 bits per heavy atom. The normalized spacial score (nSPS) is 19.3. The molecule has 0 spiro atoms. The predicted octanol–water partition coefficient (Wildman–Crippen LogP) is 1.44. The van der Waals surface area contributed by atoms with E-state index in [1.807, 2.05) is 30.3 Å². The number of carbonyl (C=O) groups is 1. The maximum atomic E-state index is 11.9. The van der Waals surface area contributed by atoms with Gasteiger partial charge in [-0.15, -0.1) is 0 Å². The third kappa shape index (κ3) is 6.40. The van der Waals surface area contributed by atoms with Crippen LogP contribution in [0.15, 0.2) is 30.3 Å². The van der Waals surface area contributed by atoms with Crippen molar-refractivity contribution in [1.82, 2.24) is 10.6 Å². The fraction of sp³-hybridized carbons (Fsp3) is 0.562. The van der Waals surface area contributed by atoms with E-state index < -0.39 is 10.8 Å². The third-order valence-corrected chi connectivity index (χ3v) is 5.08. The molecular weight excluding hydrogens is 284 g/mol. The van der Waals surface area contributed by atoms with Crippen molar-refractivity contribution in [1.29, 1.82) is 0 Å². The lowest BCUT2D eigenvalue weighted by molar-refractivity contribution is -0.121. The zero-order valence-electron chi connectivity index (χ0n) is 12.3. The summed E-state index contributed by atoms with van der Waals surface area (Å²) < 4.78 is 11.9. The second-order valence-electron chi connectivity index (χ2n) is 5.52. The van der Waals surface area contributed by atoms with E-state index in [1.165, 1.54) is 6.42 Å².